The Morgan fingerprint density at radius 2 is 1.74 bits per heavy atom. The van der Waals surface area contributed by atoms with E-state index in [2.05, 4.69) is 31.9 Å². The molecule has 0 bridgehead atoms. The van der Waals surface area contributed by atoms with E-state index < -0.39 is 23.5 Å². The molecule has 0 fully saturated rings. The van der Waals surface area contributed by atoms with E-state index in [9.17, 15) is 23.9 Å². The van der Waals surface area contributed by atoms with Crippen molar-refractivity contribution in [2.45, 2.75) is 4.90 Å². The van der Waals surface area contributed by atoms with Gasteiger partial charge in [-0.25, -0.2) is 4.39 Å². The second-order valence-corrected chi connectivity index (χ2v) is 10.7. The van der Waals surface area contributed by atoms with Crippen molar-refractivity contribution in [2.75, 3.05) is 23.5 Å². The van der Waals surface area contributed by atoms with Gasteiger partial charge in [-0.05, 0) is 66.7 Å². The van der Waals surface area contributed by atoms with Gasteiger partial charge in [0.1, 0.15) is 23.0 Å². The monoisotopic (exact) mass is 649 g/mol. The van der Waals surface area contributed by atoms with Gasteiger partial charge in [-0.15, -0.1) is 11.8 Å². The first-order valence-electron chi connectivity index (χ1n) is 12.5. The molecule has 0 unspecified atom stereocenters. The normalized spacial score (nSPS) is 11.0. The van der Waals surface area contributed by atoms with Crippen LogP contribution in [0.1, 0.15) is 15.9 Å². The maximum Gasteiger partial charge on any atom is 0.272 e. The lowest BCUT2D eigenvalue weighted by Gasteiger charge is -2.13. The molecule has 11 heteroatoms. The molecule has 42 heavy (non-hydrogen) atoms. The SMILES string of the molecule is COc1cc(O)ccc1/C=C(/NC(=O)c1ccccc1)C(=O)Nc1cccc(SCC(=O)Nc2ccc(Br)cc2F)c1. The molecular formula is C31H25BrFN3O5S. The molecule has 4 rings (SSSR count). The van der Waals surface area contributed by atoms with Gasteiger partial charge in [0.15, 0.2) is 0 Å². The first kappa shape index (κ1) is 30.4. The molecule has 0 saturated carbocycles. The van der Waals surface area contributed by atoms with Crippen molar-refractivity contribution < 1.29 is 28.6 Å². The van der Waals surface area contributed by atoms with Crippen LogP contribution in [0.25, 0.3) is 6.08 Å². The maximum atomic E-state index is 14.0. The fourth-order valence-corrected chi connectivity index (χ4v) is 4.79. The molecule has 8 nitrogen and oxygen atoms in total. The summed E-state index contributed by atoms with van der Waals surface area (Å²) in [7, 11) is 1.42. The molecule has 4 N–H and O–H groups in total. The molecule has 0 spiro atoms. The summed E-state index contributed by atoms with van der Waals surface area (Å²) in [5.41, 5.74) is 1.23. The fraction of sp³-hybridized carbons (Fsp3) is 0.0645. The van der Waals surface area contributed by atoms with E-state index in [1.807, 2.05) is 0 Å². The van der Waals surface area contributed by atoms with Gasteiger partial charge in [-0.3, -0.25) is 14.4 Å². The number of phenolic OH excluding ortho intramolecular Hbond substituents is 1. The summed E-state index contributed by atoms with van der Waals surface area (Å²) in [6, 6.07) is 24.0. The molecule has 0 radical (unpaired) electrons. The Hall–Kier alpha value is -4.61. The molecule has 0 saturated heterocycles. The van der Waals surface area contributed by atoms with Crippen molar-refractivity contribution in [2.24, 2.45) is 0 Å². The molecule has 3 amide bonds. The van der Waals surface area contributed by atoms with Crippen LogP contribution < -0.4 is 20.7 Å². The highest BCUT2D eigenvalue weighted by Gasteiger charge is 2.17. The summed E-state index contributed by atoms with van der Waals surface area (Å²) in [6.07, 6.45) is 1.44. The Morgan fingerprint density at radius 1 is 0.952 bits per heavy atom. The first-order valence-corrected chi connectivity index (χ1v) is 14.2. The number of anilines is 2. The van der Waals surface area contributed by atoms with Gasteiger partial charge in [0.05, 0.1) is 18.6 Å². The number of carbonyl (C=O) groups is 3. The summed E-state index contributed by atoms with van der Waals surface area (Å²) in [6.45, 7) is 0. The fourth-order valence-electron chi connectivity index (χ4n) is 3.71. The van der Waals surface area contributed by atoms with Crippen molar-refractivity contribution >= 4 is 62.9 Å². The summed E-state index contributed by atoms with van der Waals surface area (Å²) in [5, 5.41) is 17.8. The molecular weight excluding hydrogens is 625 g/mol. The van der Waals surface area contributed by atoms with Gasteiger partial charge in [0.2, 0.25) is 5.91 Å². The van der Waals surface area contributed by atoms with E-state index in [1.165, 1.54) is 49.2 Å². The predicted octanol–water partition coefficient (Wildman–Crippen LogP) is 6.44. The van der Waals surface area contributed by atoms with Gasteiger partial charge in [0.25, 0.3) is 11.8 Å². The maximum absolute atomic E-state index is 14.0. The lowest BCUT2D eigenvalue weighted by Crippen LogP contribution is -2.30. The Kier molecular flexibility index (Phi) is 10.4. The summed E-state index contributed by atoms with van der Waals surface area (Å²) in [5.74, 6) is -1.77. The average Bonchev–Trinajstić information content (AvgIpc) is 2.98. The van der Waals surface area contributed by atoms with Gasteiger partial charge in [-0.1, -0.05) is 40.2 Å². The molecule has 0 aliphatic heterocycles. The Labute approximate surface area is 254 Å². The Balaban J connectivity index is 1.49. The van der Waals surface area contributed by atoms with Crippen LogP contribution in [-0.4, -0.2) is 35.7 Å². The number of nitrogens with one attached hydrogen (secondary N) is 3. The van der Waals surface area contributed by atoms with Crippen LogP contribution >= 0.6 is 27.7 Å². The second kappa shape index (κ2) is 14.3. The van der Waals surface area contributed by atoms with E-state index in [0.717, 1.165) is 0 Å². The smallest absolute Gasteiger partial charge is 0.272 e. The van der Waals surface area contributed by atoms with E-state index in [1.54, 1.807) is 66.7 Å². The Morgan fingerprint density at radius 3 is 2.48 bits per heavy atom. The number of amides is 3. The number of halogens is 2. The van der Waals surface area contributed by atoms with Crippen LogP contribution in [-0.2, 0) is 9.59 Å². The van der Waals surface area contributed by atoms with E-state index in [0.29, 0.717) is 31.9 Å². The van der Waals surface area contributed by atoms with Crippen LogP contribution in [0.4, 0.5) is 15.8 Å². The van der Waals surface area contributed by atoms with E-state index in [-0.39, 0.29) is 22.9 Å². The van der Waals surface area contributed by atoms with Crippen molar-refractivity contribution in [3.8, 4) is 11.5 Å². The van der Waals surface area contributed by atoms with Crippen molar-refractivity contribution in [1.82, 2.24) is 5.32 Å². The first-order chi connectivity index (χ1) is 20.2. The second-order valence-electron chi connectivity index (χ2n) is 8.75. The number of rotatable bonds is 10. The number of hydrogen-bond acceptors (Lipinski definition) is 6. The molecule has 0 aliphatic rings. The third kappa shape index (κ3) is 8.45. The number of carbonyl (C=O) groups excluding carboxylic acids is 3. The minimum absolute atomic E-state index is 0.00579. The average molecular weight is 651 g/mol. The number of ether oxygens (including phenoxy) is 1. The van der Waals surface area contributed by atoms with Gasteiger partial charge < -0.3 is 25.8 Å². The third-order valence-electron chi connectivity index (χ3n) is 5.71. The number of benzene rings is 4. The zero-order valence-electron chi connectivity index (χ0n) is 22.2. The molecule has 0 atom stereocenters. The molecule has 214 valence electrons. The van der Waals surface area contributed by atoms with E-state index >= 15 is 0 Å². The van der Waals surface area contributed by atoms with Crippen LogP contribution in [0.15, 0.2) is 106 Å². The van der Waals surface area contributed by atoms with Crippen molar-refractivity contribution in [1.29, 1.82) is 0 Å². The molecule has 4 aromatic rings. The van der Waals surface area contributed by atoms with Crippen molar-refractivity contribution in [3.63, 3.8) is 0 Å². The summed E-state index contributed by atoms with van der Waals surface area (Å²) in [4.78, 5) is 39.4. The standard InChI is InChI=1S/C31H25BrFN3O5S/c1-41-28-17-23(37)12-10-20(28)14-27(36-30(39)19-6-3-2-4-7-19)31(40)34-22-8-5-9-24(16-22)42-18-29(38)35-26-13-11-21(32)15-25(26)33/h2-17,37H,18H2,1H3,(H,34,40)(H,35,38)(H,36,39)/b27-14+. The van der Waals surface area contributed by atoms with Crippen LogP contribution in [0.5, 0.6) is 11.5 Å². The number of thioether (sulfide) groups is 1. The number of phenols is 1. The quantitative estimate of drug-likeness (QED) is 0.116. The topological polar surface area (TPSA) is 117 Å². The van der Waals surface area contributed by atoms with Gasteiger partial charge in [0, 0.05) is 32.2 Å². The van der Waals surface area contributed by atoms with Crippen molar-refractivity contribution in [3.05, 3.63) is 118 Å². The lowest BCUT2D eigenvalue weighted by molar-refractivity contribution is -0.114. The minimum Gasteiger partial charge on any atom is -0.508 e. The van der Waals surface area contributed by atoms with E-state index in [4.69, 9.17) is 4.74 Å². The molecule has 0 aliphatic carbocycles. The zero-order valence-corrected chi connectivity index (χ0v) is 24.6. The highest BCUT2D eigenvalue weighted by atomic mass is 79.9. The molecule has 0 aromatic heterocycles. The van der Waals surface area contributed by atoms with Crippen LogP contribution in [0, 0.1) is 5.82 Å². The largest absolute Gasteiger partial charge is 0.508 e. The number of aromatic hydroxyl groups is 1. The summed E-state index contributed by atoms with van der Waals surface area (Å²) < 4.78 is 19.9. The lowest BCUT2D eigenvalue weighted by atomic mass is 10.1. The summed E-state index contributed by atoms with van der Waals surface area (Å²) >= 11 is 4.38. The Bertz CT molecular complexity index is 1650. The third-order valence-corrected chi connectivity index (χ3v) is 7.20. The minimum atomic E-state index is -0.611. The number of hydrogen-bond donors (Lipinski definition) is 4. The molecule has 0 heterocycles. The zero-order chi connectivity index (χ0) is 30.1. The highest BCUT2D eigenvalue weighted by Crippen LogP contribution is 2.27. The highest BCUT2D eigenvalue weighted by molar-refractivity contribution is 9.10. The number of methoxy groups -OCH3 is 1. The van der Waals surface area contributed by atoms with Crippen LogP contribution in [0.2, 0.25) is 0 Å². The van der Waals surface area contributed by atoms with Crippen LogP contribution in [0.3, 0.4) is 0 Å². The van der Waals surface area contributed by atoms with Gasteiger partial charge in [-0.2, -0.15) is 0 Å². The predicted molar refractivity (Wildman–Crippen MR) is 165 cm³/mol. The van der Waals surface area contributed by atoms with Gasteiger partial charge >= 0.3 is 0 Å². The molecule has 4 aromatic carbocycles.